The number of amides is 2. The normalized spacial score (nSPS) is 14.9. The fraction of sp³-hybridized carbons (Fsp3) is 0.533. The zero-order valence-electron chi connectivity index (χ0n) is 23.7. The summed E-state index contributed by atoms with van der Waals surface area (Å²) in [6.45, 7) is 4.40. The Bertz CT molecular complexity index is 1190. The fourth-order valence-electron chi connectivity index (χ4n) is 5.12. The SMILES string of the molecule is CCC(C(=O)NC1CCCCC1)N(Cc1ccc(C)cc1)C(=O)CCCN(c1cccc(OC)c1)S(C)(=O)=O. The van der Waals surface area contributed by atoms with Crippen LogP contribution in [0.3, 0.4) is 0 Å². The molecule has 1 aliphatic carbocycles. The second-order valence-electron chi connectivity index (χ2n) is 10.4. The lowest BCUT2D eigenvalue weighted by molar-refractivity contribution is -0.141. The first-order chi connectivity index (χ1) is 18.6. The van der Waals surface area contributed by atoms with Crippen molar-refractivity contribution in [2.45, 2.75) is 83.8 Å². The number of hydrogen-bond donors (Lipinski definition) is 1. The Labute approximate surface area is 233 Å². The van der Waals surface area contributed by atoms with E-state index in [9.17, 15) is 18.0 Å². The molecule has 1 atom stereocenters. The highest BCUT2D eigenvalue weighted by molar-refractivity contribution is 7.92. The standard InChI is InChI=1S/C30H43N3O5S/c1-5-28(30(35)31-25-11-7-6-8-12-25)32(22-24-18-16-23(2)17-19-24)29(34)15-10-20-33(39(4,36)37)26-13-9-14-27(21-26)38-3/h9,13-14,16-19,21,25,28H,5-8,10-12,15,20,22H2,1-4H3,(H,31,35). The smallest absolute Gasteiger partial charge is 0.243 e. The van der Waals surface area contributed by atoms with E-state index in [-0.39, 0.29) is 30.8 Å². The summed E-state index contributed by atoms with van der Waals surface area (Å²) in [5, 5.41) is 3.19. The third-order valence-corrected chi connectivity index (χ3v) is 8.50. The summed E-state index contributed by atoms with van der Waals surface area (Å²) >= 11 is 0. The second kappa shape index (κ2) is 14.4. The molecule has 0 aliphatic heterocycles. The molecule has 2 amide bonds. The van der Waals surface area contributed by atoms with Gasteiger partial charge in [0, 0.05) is 31.6 Å². The Morgan fingerprint density at radius 2 is 1.77 bits per heavy atom. The minimum atomic E-state index is -3.58. The molecule has 2 aromatic rings. The predicted molar refractivity (Wildman–Crippen MR) is 155 cm³/mol. The summed E-state index contributed by atoms with van der Waals surface area (Å²) in [5.74, 6) is 0.274. The van der Waals surface area contributed by atoms with E-state index in [4.69, 9.17) is 4.74 Å². The Balaban J connectivity index is 1.75. The third-order valence-electron chi connectivity index (χ3n) is 7.30. The highest BCUT2D eigenvalue weighted by Gasteiger charge is 2.30. The van der Waals surface area contributed by atoms with Crippen molar-refractivity contribution in [1.82, 2.24) is 10.2 Å². The molecule has 0 radical (unpaired) electrons. The van der Waals surface area contributed by atoms with Gasteiger partial charge in [-0.15, -0.1) is 0 Å². The van der Waals surface area contributed by atoms with Crippen molar-refractivity contribution in [2.24, 2.45) is 0 Å². The van der Waals surface area contributed by atoms with Crippen LogP contribution in [0.1, 0.15) is 69.4 Å². The molecular formula is C30H43N3O5S. The van der Waals surface area contributed by atoms with Crippen molar-refractivity contribution in [1.29, 1.82) is 0 Å². The molecule has 1 N–H and O–H groups in total. The highest BCUT2D eigenvalue weighted by atomic mass is 32.2. The number of benzene rings is 2. The number of anilines is 1. The number of rotatable bonds is 13. The van der Waals surface area contributed by atoms with Crippen LogP contribution in [0.5, 0.6) is 5.75 Å². The maximum absolute atomic E-state index is 13.6. The molecule has 0 spiro atoms. The number of carbonyl (C=O) groups is 2. The van der Waals surface area contributed by atoms with Gasteiger partial charge in [0.05, 0.1) is 19.1 Å². The average Bonchev–Trinajstić information content (AvgIpc) is 2.91. The van der Waals surface area contributed by atoms with Gasteiger partial charge in [0.25, 0.3) is 0 Å². The van der Waals surface area contributed by atoms with Crippen LogP contribution in [0.15, 0.2) is 48.5 Å². The lowest BCUT2D eigenvalue weighted by atomic mass is 9.95. The van der Waals surface area contributed by atoms with Crippen LogP contribution in [0, 0.1) is 6.92 Å². The van der Waals surface area contributed by atoms with Crippen molar-refractivity contribution in [3.05, 3.63) is 59.7 Å². The summed E-state index contributed by atoms with van der Waals surface area (Å²) in [7, 11) is -2.05. The maximum atomic E-state index is 13.6. The molecule has 1 aliphatic rings. The summed E-state index contributed by atoms with van der Waals surface area (Å²) < 4.78 is 31.7. The van der Waals surface area contributed by atoms with Gasteiger partial charge in [-0.1, -0.05) is 62.1 Å². The van der Waals surface area contributed by atoms with Gasteiger partial charge in [-0.25, -0.2) is 8.42 Å². The molecule has 0 heterocycles. The van der Waals surface area contributed by atoms with Crippen LogP contribution in [0.25, 0.3) is 0 Å². The number of hydrogen-bond acceptors (Lipinski definition) is 5. The topological polar surface area (TPSA) is 96.0 Å². The third kappa shape index (κ3) is 8.98. The molecule has 1 saturated carbocycles. The maximum Gasteiger partial charge on any atom is 0.243 e. The molecule has 1 fully saturated rings. The Hall–Kier alpha value is -3.07. The molecule has 9 heteroatoms. The van der Waals surface area contributed by atoms with Crippen LogP contribution in [0.4, 0.5) is 5.69 Å². The van der Waals surface area contributed by atoms with Gasteiger partial charge in [-0.2, -0.15) is 0 Å². The molecule has 0 aromatic heterocycles. The van der Waals surface area contributed by atoms with E-state index in [0.717, 1.165) is 43.1 Å². The van der Waals surface area contributed by atoms with Crippen molar-refractivity contribution < 1.29 is 22.7 Å². The lowest BCUT2D eigenvalue weighted by Gasteiger charge is -2.33. The molecule has 39 heavy (non-hydrogen) atoms. The van der Waals surface area contributed by atoms with Crippen LogP contribution in [0.2, 0.25) is 0 Å². The lowest BCUT2D eigenvalue weighted by Crippen LogP contribution is -2.51. The second-order valence-corrected chi connectivity index (χ2v) is 12.3. The Morgan fingerprint density at radius 3 is 2.38 bits per heavy atom. The number of methoxy groups -OCH3 is 1. The van der Waals surface area contributed by atoms with Gasteiger partial charge in [-0.05, 0) is 50.3 Å². The largest absolute Gasteiger partial charge is 0.497 e. The summed E-state index contributed by atoms with van der Waals surface area (Å²) in [6, 6.07) is 14.4. The molecule has 8 nitrogen and oxygen atoms in total. The number of sulfonamides is 1. The first kappa shape index (κ1) is 30.5. The van der Waals surface area contributed by atoms with Crippen LogP contribution in [-0.4, -0.2) is 57.1 Å². The first-order valence-corrected chi connectivity index (χ1v) is 15.7. The number of nitrogens with zero attached hydrogens (tertiary/aromatic N) is 2. The molecule has 2 aromatic carbocycles. The van der Waals surface area contributed by atoms with E-state index in [1.807, 2.05) is 38.1 Å². The zero-order valence-corrected chi connectivity index (χ0v) is 24.5. The van der Waals surface area contributed by atoms with E-state index in [1.165, 1.54) is 17.8 Å². The van der Waals surface area contributed by atoms with Gasteiger partial charge in [0.2, 0.25) is 21.8 Å². The highest BCUT2D eigenvalue weighted by Crippen LogP contribution is 2.24. The predicted octanol–water partition coefficient (Wildman–Crippen LogP) is 4.81. The van der Waals surface area contributed by atoms with Crippen LogP contribution >= 0.6 is 0 Å². The van der Waals surface area contributed by atoms with E-state index < -0.39 is 16.1 Å². The number of ether oxygens (including phenoxy) is 1. The molecule has 214 valence electrons. The Kier molecular flexibility index (Phi) is 11.2. The van der Waals surface area contributed by atoms with Gasteiger partial charge >= 0.3 is 0 Å². The molecule has 0 saturated heterocycles. The summed E-state index contributed by atoms with van der Waals surface area (Å²) in [4.78, 5) is 28.7. The van der Waals surface area contributed by atoms with E-state index >= 15 is 0 Å². The summed E-state index contributed by atoms with van der Waals surface area (Å²) in [5.41, 5.74) is 2.56. The van der Waals surface area contributed by atoms with Crippen LogP contribution in [-0.2, 0) is 26.2 Å². The van der Waals surface area contributed by atoms with Gasteiger partial charge in [0.15, 0.2) is 0 Å². The quantitative estimate of drug-likeness (QED) is 0.382. The van der Waals surface area contributed by atoms with Crippen molar-refractivity contribution in [2.75, 3.05) is 24.2 Å². The molecular weight excluding hydrogens is 514 g/mol. The molecule has 3 rings (SSSR count). The Morgan fingerprint density at radius 1 is 1.08 bits per heavy atom. The number of carbonyl (C=O) groups excluding carboxylic acids is 2. The average molecular weight is 558 g/mol. The van der Waals surface area contributed by atoms with E-state index in [0.29, 0.717) is 30.8 Å². The summed E-state index contributed by atoms with van der Waals surface area (Å²) in [6.07, 6.45) is 7.44. The molecule has 1 unspecified atom stereocenters. The van der Waals surface area contributed by atoms with Crippen molar-refractivity contribution >= 4 is 27.5 Å². The number of aryl methyl sites for hydroxylation is 1. The fourth-order valence-corrected chi connectivity index (χ4v) is 6.08. The van der Waals surface area contributed by atoms with Crippen molar-refractivity contribution in [3.63, 3.8) is 0 Å². The minimum absolute atomic E-state index is 0.112. The van der Waals surface area contributed by atoms with Gasteiger partial charge < -0.3 is 15.0 Å². The number of nitrogens with one attached hydrogen (secondary N) is 1. The van der Waals surface area contributed by atoms with Crippen molar-refractivity contribution in [3.8, 4) is 5.75 Å². The van der Waals surface area contributed by atoms with Gasteiger partial charge in [0.1, 0.15) is 11.8 Å². The van der Waals surface area contributed by atoms with E-state index in [1.54, 1.807) is 29.2 Å². The van der Waals surface area contributed by atoms with E-state index in [2.05, 4.69) is 5.32 Å². The van der Waals surface area contributed by atoms with Crippen LogP contribution < -0.4 is 14.4 Å². The van der Waals surface area contributed by atoms with Gasteiger partial charge in [-0.3, -0.25) is 13.9 Å². The minimum Gasteiger partial charge on any atom is -0.497 e. The first-order valence-electron chi connectivity index (χ1n) is 13.9. The monoisotopic (exact) mass is 557 g/mol. The molecule has 0 bridgehead atoms. The zero-order chi connectivity index (χ0) is 28.4.